The Morgan fingerprint density at radius 3 is 2.43 bits per heavy atom. The number of rotatable bonds is 2. The van der Waals surface area contributed by atoms with Crippen molar-refractivity contribution in [1.29, 1.82) is 0 Å². The lowest BCUT2D eigenvalue weighted by molar-refractivity contribution is 0.771. The third kappa shape index (κ3) is 1.76. The number of halogens is 1. The summed E-state index contributed by atoms with van der Waals surface area (Å²) in [6.07, 6.45) is 2.44. The van der Waals surface area contributed by atoms with E-state index in [0.29, 0.717) is 17.0 Å². The lowest BCUT2D eigenvalue weighted by Crippen LogP contribution is -2.04. The summed E-state index contributed by atoms with van der Waals surface area (Å²) in [6.45, 7) is 6.28. The van der Waals surface area contributed by atoms with E-state index in [9.17, 15) is 0 Å². The highest BCUT2D eigenvalue weighted by Gasteiger charge is 2.28. The van der Waals surface area contributed by atoms with Gasteiger partial charge in [-0.3, -0.25) is 0 Å². The van der Waals surface area contributed by atoms with Crippen LogP contribution in [0.5, 0.6) is 0 Å². The predicted octanol–water partition coefficient (Wildman–Crippen LogP) is 3.44. The van der Waals surface area contributed by atoms with Crippen molar-refractivity contribution in [3.63, 3.8) is 0 Å². The molecule has 0 atom stereocenters. The average molecular weight is 211 g/mol. The number of hydrogen-bond donors (Lipinski definition) is 0. The molecule has 1 saturated carbocycles. The van der Waals surface area contributed by atoms with Gasteiger partial charge in [0.1, 0.15) is 11.0 Å². The Hall–Kier alpha value is -0.630. The van der Waals surface area contributed by atoms with E-state index in [1.165, 1.54) is 12.8 Å². The van der Waals surface area contributed by atoms with Gasteiger partial charge in [-0.25, -0.2) is 9.97 Å². The molecule has 0 aliphatic heterocycles. The maximum absolute atomic E-state index is 6.08. The van der Waals surface area contributed by atoms with Crippen molar-refractivity contribution in [2.24, 2.45) is 0 Å². The van der Waals surface area contributed by atoms with Gasteiger partial charge in [-0.05, 0) is 25.7 Å². The van der Waals surface area contributed by atoms with Crippen molar-refractivity contribution in [2.45, 2.75) is 45.4 Å². The molecule has 0 spiro atoms. The molecule has 0 N–H and O–H groups in total. The van der Waals surface area contributed by atoms with Crippen molar-refractivity contribution in [2.75, 3.05) is 0 Å². The summed E-state index contributed by atoms with van der Waals surface area (Å²) < 4.78 is 0. The zero-order chi connectivity index (χ0) is 10.3. The summed E-state index contributed by atoms with van der Waals surface area (Å²) in [6, 6.07) is 0. The molecule has 0 saturated heterocycles. The predicted molar refractivity (Wildman–Crippen MR) is 57.8 cm³/mol. The zero-order valence-electron chi connectivity index (χ0n) is 8.84. The van der Waals surface area contributed by atoms with Gasteiger partial charge in [0.15, 0.2) is 0 Å². The van der Waals surface area contributed by atoms with E-state index in [1.807, 2.05) is 6.92 Å². The number of hydrogen-bond acceptors (Lipinski definition) is 2. The van der Waals surface area contributed by atoms with Crippen LogP contribution in [0.2, 0.25) is 5.15 Å². The van der Waals surface area contributed by atoms with Crippen LogP contribution in [0.25, 0.3) is 0 Å². The fourth-order valence-corrected chi connectivity index (χ4v) is 1.79. The van der Waals surface area contributed by atoms with Crippen LogP contribution < -0.4 is 0 Å². The highest BCUT2D eigenvalue weighted by molar-refractivity contribution is 6.30. The first-order valence-corrected chi connectivity index (χ1v) is 5.51. The maximum Gasteiger partial charge on any atom is 0.135 e. The first-order chi connectivity index (χ1) is 6.59. The van der Waals surface area contributed by atoms with Gasteiger partial charge in [-0.2, -0.15) is 0 Å². The van der Waals surface area contributed by atoms with E-state index in [0.717, 1.165) is 17.1 Å². The van der Waals surface area contributed by atoms with Crippen molar-refractivity contribution < 1.29 is 0 Å². The van der Waals surface area contributed by atoms with E-state index < -0.39 is 0 Å². The topological polar surface area (TPSA) is 25.8 Å². The molecule has 1 fully saturated rings. The molecule has 1 heterocycles. The van der Waals surface area contributed by atoms with Crippen LogP contribution in [0, 0.1) is 6.92 Å². The van der Waals surface area contributed by atoms with Crippen molar-refractivity contribution in [3.05, 3.63) is 22.2 Å². The van der Waals surface area contributed by atoms with Gasteiger partial charge in [-0.15, -0.1) is 0 Å². The molecular formula is C11H15ClN2. The molecule has 1 aromatic rings. The van der Waals surface area contributed by atoms with E-state index in [4.69, 9.17) is 11.6 Å². The number of aromatic nitrogens is 2. The van der Waals surface area contributed by atoms with Gasteiger partial charge in [-0.1, -0.05) is 25.4 Å². The zero-order valence-corrected chi connectivity index (χ0v) is 9.60. The fraction of sp³-hybridized carbons (Fsp3) is 0.636. The second kappa shape index (κ2) is 3.50. The van der Waals surface area contributed by atoms with E-state index in [-0.39, 0.29) is 0 Å². The van der Waals surface area contributed by atoms with E-state index in [1.54, 1.807) is 0 Å². The summed E-state index contributed by atoms with van der Waals surface area (Å²) in [7, 11) is 0. The molecular weight excluding hydrogens is 196 g/mol. The Labute approximate surface area is 89.7 Å². The lowest BCUT2D eigenvalue weighted by atomic mass is 10.1. The Morgan fingerprint density at radius 1 is 1.29 bits per heavy atom. The third-order valence-electron chi connectivity index (χ3n) is 2.63. The molecule has 1 aliphatic rings. The molecule has 0 bridgehead atoms. The Morgan fingerprint density at radius 2 is 1.93 bits per heavy atom. The van der Waals surface area contributed by atoms with Crippen LogP contribution in [0.15, 0.2) is 0 Å². The van der Waals surface area contributed by atoms with Crippen LogP contribution in [0.3, 0.4) is 0 Å². The van der Waals surface area contributed by atoms with Crippen LogP contribution in [-0.4, -0.2) is 9.97 Å². The Balaban J connectivity index is 2.46. The van der Waals surface area contributed by atoms with Gasteiger partial charge in [0, 0.05) is 11.5 Å². The molecule has 0 unspecified atom stereocenters. The minimum absolute atomic E-state index is 0.424. The lowest BCUT2D eigenvalue weighted by Gasteiger charge is -2.11. The van der Waals surface area contributed by atoms with Crippen molar-refractivity contribution >= 4 is 11.6 Å². The van der Waals surface area contributed by atoms with Gasteiger partial charge in [0.2, 0.25) is 0 Å². The third-order valence-corrected chi connectivity index (χ3v) is 3.00. The van der Waals surface area contributed by atoms with Crippen LogP contribution in [-0.2, 0) is 0 Å². The maximum atomic E-state index is 6.08. The quantitative estimate of drug-likeness (QED) is 0.699. The summed E-state index contributed by atoms with van der Waals surface area (Å²) in [5.41, 5.74) is 2.14. The smallest absolute Gasteiger partial charge is 0.135 e. The molecule has 2 nitrogen and oxygen atoms in total. The van der Waals surface area contributed by atoms with Crippen LogP contribution >= 0.6 is 11.6 Å². The molecule has 14 heavy (non-hydrogen) atoms. The standard InChI is InChI=1S/C11H15ClN2/c1-6(2)9-7(3)10(12)14-11(13-9)8-4-5-8/h6,8H,4-5H2,1-3H3. The van der Waals surface area contributed by atoms with Gasteiger partial charge >= 0.3 is 0 Å². The first-order valence-electron chi connectivity index (χ1n) is 5.13. The highest BCUT2D eigenvalue weighted by atomic mass is 35.5. The largest absolute Gasteiger partial charge is 0.237 e. The molecule has 0 aromatic carbocycles. The molecule has 76 valence electrons. The molecule has 0 amide bonds. The minimum atomic E-state index is 0.424. The van der Waals surface area contributed by atoms with Crippen molar-refractivity contribution in [1.82, 2.24) is 9.97 Å². The fourth-order valence-electron chi connectivity index (χ4n) is 1.61. The minimum Gasteiger partial charge on any atom is -0.237 e. The van der Waals surface area contributed by atoms with Gasteiger partial charge < -0.3 is 0 Å². The van der Waals surface area contributed by atoms with E-state index in [2.05, 4.69) is 23.8 Å². The summed E-state index contributed by atoms with van der Waals surface area (Å²) in [5, 5.41) is 0.630. The van der Waals surface area contributed by atoms with Crippen LogP contribution in [0.1, 0.15) is 55.6 Å². The monoisotopic (exact) mass is 210 g/mol. The summed E-state index contributed by atoms with van der Waals surface area (Å²) in [4.78, 5) is 8.93. The van der Waals surface area contributed by atoms with Crippen molar-refractivity contribution in [3.8, 4) is 0 Å². The molecule has 1 aliphatic carbocycles. The summed E-state index contributed by atoms with van der Waals surface area (Å²) in [5.74, 6) is 1.95. The molecule has 3 heteroatoms. The van der Waals surface area contributed by atoms with E-state index >= 15 is 0 Å². The SMILES string of the molecule is Cc1c(Cl)nc(C2CC2)nc1C(C)C. The normalized spacial score (nSPS) is 16.4. The Kier molecular flexibility index (Phi) is 2.48. The number of nitrogens with zero attached hydrogens (tertiary/aromatic N) is 2. The molecule has 2 rings (SSSR count). The van der Waals surface area contributed by atoms with Gasteiger partial charge in [0.05, 0.1) is 5.69 Å². The highest BCUT2D eigenvalue weighted by Crippen LogP contribution is 2.39. The second-order valence-corrected chi connectivity index (χ2v) is 4.67. The summed E-state index contributed by atoms with van der Waals surface area (Å²) >= 11 is 6.08. The second-order valence-electron chi connectivity index (χ2n) is 4.31. The average Bonchev–Trinajstić information content (AvgIpc) is 2.91. The Bertz CT molecular complexity index is 357. The molecule has 0 radical (unpaired) electrons. The van der Waals surface area contributed by atoms with Gasteiger partial charge in [0.25, 0.3) is 0 Å². The first kappa shape index (κ1) is 9.91. The molecule has 1 aromatic heterocycles. The van der Waals surface area contributed by atoms with Crippen LogP contribution in [0.4, 0.5) is 0 Å².